The molecule has 1 aliphatic carbocycles. The molecule has 0 spiro atoms. The molecule has 3 rings (SSSR count). The molecule has 5 heteroatoms. The summed E-state index contributed by atoms with van der Waals surface area (Å²) < 4.78 is 5.43. The molecule has 26 heavy (non-hydrogen) atoms. The summed E-state index contributed by atoms with van der Waals surface area (Å²) in [6, 6.07) is 9.37. The molecule has 0 aromatic heterocycles. The van der Waals surface area contributed by atoms with Gasteiger partial charge in [0.25, 0.3) is 0 Å². The van der Waals surface area contributed by atoms with E-state index in [4.69, 9.17) is 4.74 Å². The van der Waals surface area contributed by atoms with E-state index >= 15 is 0 Å². The molecule has 1 saturated heterocycles. The van der Waals surface area contributed by atoms with E-state index in [0.29, 0.717) is 18.0 Å². The molecule has 1 aliphatic heterocycles. The normalized spacial score (nSPS) is 25.4. The number of amides is 1. The van der Waals surface area contributed by atoms with Crippen LogP contribution in [0.5, 0.6) is 0 Å². The highest BCUT2D eigenvalue weighted by molar-refractivity contribution is 6.02. The van der Waals surface area contributed by atoms with Crippen LogP contribution in [0.2, 0.25) is 0 Å². The van der Waals surface area contributed by atoms with Crippen LogP contribution in [0.1, 0.15) is 49.4 Å². The second-order valence-electron chi connectivity index (χ2n) is 7.35. The van der Waals surface area contributed by atoms with E-state index in [1.54, 1.807) is 0 Å². The van der Waals surface area contributed by atoms with E-state index in [1.807, 2.05) is 37.3 Å². The number of rotatable bonds is 6. The monoisotopic (exact) mass is 358 g/mol. The SMILES string of the molecule is CCC(NC(=O)C1CCC(N2CCOCC2)CC1)C(=O)c1ccccc1. The number of Topliss-reactive ketones (excluding diaryl/α,β-unsaturated/α-hetero) is 1. The average Bonchev–Trinajstić information content (AvgIpc) is 2.72. The van der Waals surface area contributed by atoms with E-state index < -0.39 is 6.04 Å². The summed E-state index contributed by atoms with van der Waals surface area (Å²) in [6.45, 7) is 5.59. The quantitative estimate of drug-likeness (QED) is 0.795. The Morgan fingerprint density at radius 1 is 1.12 bits per heavy atom. The zero-order valence-electron chi connectivity index (χ0n) is 15.7. The number of carbonyl (C=O) groups excluding carboxylic acids is 2. The van der Waals surface area contributed by atoms with Gasteiger partial charge < -0.3 is 10.1 Å². The Morgan fingerprint density at radius 2 is 1.77 bits per heavy atom. The minimum atomic E-state index is -0.429. The lowest BCUT2D eigenvalue weighted by molar-refractivity contribution is -0.127. The number of morpholine rings is 1. The predicted molar refractivity (Wildman–Crippen MR) is 101 cm³/mol. The maximum Gasteiger partial charge on any atom is 0.223 e. The largest absolute Gasteiger partial charge is 0.379 e. The Labute approximate surface area is 156 Å². The third-order valence-corrected chi connectivity index (χ3v) is 5.73. The van der Waals surface area contributed by atoms with Gasteiger partial charge in [-0.25, -0.2) is 0 Å². The van der Waals surface area contributed by atoms with Crippen LogP contribution in [-0.4, -0.2) is 55.0 Å². The lowest BCUT2D eigenvalue weighted by Gasteiger charge is -2.38. The first kappa shape index (κ1) is 19.1. The Hall–Kier alpha value is -1.72. The first-order valence-corrected chi connectivity index (χ1v) is 9.90. The first-order chi connectivity index (χ1) is 12.7. The summed E-state index contributed by atoms with van der Waals surface area (Å²) in [5.74, 6) is 0.0786. The Kier molecular flexibility index (Phi) is 6.80. The molecule has 1 aromatic carbocycles. The number of benzene rings is 1. The van der Waals surface area contributed by atoms with Crippen molar-refractivity contribution in [2.24, 2.45) is 5.92 Å². The third kappa shape index (κ3) is 4.71. The zero-order chi connectivity index (χ0) is 18.4. The molecule has 1 atom stereocenters. The summed E-state index contributed by atoms with van der Waals surface area (Å²) in [5.41, 5.74) is 0.663. The fourth-order valence-electron chi connectivity index (χ4n) is 4.09. The van der Waals surface area contributed by atoms with Crippen molar-refractivity contribution in [2.45, 2.75) is 51.1 Å². The van der Waals surface area contributed by atoms with Crippen LogP contribution in [0.25, 0.3) is 0 Å². The Bertz CT molecular complexity index is 591. The lowest BCUT2D eigenvalue weighted by Crippen LogP contribution is -2.48. The van der Waals surface area contributed by atoms with Crippen molar-refractivity contribution in [3.8, 4) is 0 Å². The molecule has 1 amide bonds. The number of hydrogen-bond acceptors (Lipinski definition) is 4. The smallest absolute Gasteiger partial charge is 0.223 e. The second kappa shape index (κ2) is 9.28. The predicted octanol–water partition coefficient (Wildman–Crippen LogP) is 2.66. The molecular formula is C21H30N2O3. The van der Waals surface area contributed by atoms with Crippen molar-refractivity contribution < 1.29 is 14.3 Å². The molecule has 1 aromatic rings. The Morgan fingerprint density at radius 3 is 2.38 bits per heavy atom. The van der Waals surface area contributed by atoms with E-state index in [1.165, 1.54) is 0 Å². The summed E-state index contributed by atoms with van der Waals surface area (Å²) in [5, 5.41) is 3.01. The third-order valence-electron chi connectivity index (χ3n) is 5.73. The van der Waals surface area contributed by atoms with Crippen LogP contribution < -0.4 is 5.32 Å². The molecule has 0 radical (unpaired) electrons. The van der Waals surface area contributed by atoms with E-state index in [-0.39, 0.29) is 17.6 Å². The summed E-state index contributed by atoms with van der Waals surface area (Å²) in [7, 11) is 0. The number of nitrogens with zero attached hydrogens (tertiary/aromatic N) is 1. The summed E-state index contributed by atoms with van der Waals surface area (Å²) >= 11 is 0. The van der Waals surface area contributed by atoms with E-state index in [2.05, 4.69) is 10.2 Å². The van der Waals surface area contributed by atoms with Gasteiger partial charge in [-0.1, -0.05) is 37.3 Å². The number of ether oxygens (including phenoxy) is 1. The van der Waals surface area contributed by atoms with Crippen molar-refractivity contribution >= 4 is 11.7 Å². The van der Waals surface area contributed by atoms with Crippen molar-refractivity contribution in [1.82, 2.24) is 10.2 Å². The molecule has 2 aliphatic rings. The standard InChI is InChI=1S/C21H30N2O3/c1-2-19(20(24)16-6-4-3-5-7-16)22-21(25)17-8-10-18(11-9-17)23-12-14-26-15-13-23/h3-7,17-19H,2,8-15H2,1H3,(H,22,25). The van der Waals surface area contributed by atoms with Gasteiger partial charge in [-0.2, -0.15) is 0 Å². The molecule has 5 nitrogen and oxygen atoms in total. The van der Waals surface area contributed by atoms with Gasteiger partial charge in [-0.15, -0.1) is 0 Å². The number of ketones is 1. The molecule has 142 valence electrons. The number of hydrogen-bond donors (Lipinski definition) is 1. The van der Waals surface area contributed by atoms with Crippen molar-refractivity contribution in [2.75, 3.05) is 26.3 Å². The van der Waals surface area contributed by atoms with Crippen LogP contribution in [0, 0.1) is 5.92 Å². The van der Waals surface area contributed by atoms with Crippen LogP contribution in [0.15, 0.2) is 30.3 Å². The zero-order valence-corrected chi connectivity index (χ0v) is 15.7. The molecule has 0 bridgehead atoms. The van der Waals surface area contributed by atoms with Gasteiger partial charge in [0, 0.05) is 30.6 Å². The van der Waals surface area contributed by atoms with E-state index in [9.17, 15) is 9.59 Å². The Balaban J connectivity index is 1.50. The van der Waals surface area contributed by atoms with Crippen molar-refractivity contribution in [3.05, 3.63) is 35.9 Å². The molecule has 2 fully saturated rings. The molecule has 1 saturated carbocycles. The van der Waals surface area contributed by atoms with Crippen LogP contribution in [-0.2, 0) is 9.53 Å². The average molecular weight is 358 g/mol. The van der Waals surface area contributed by atoms with Gasteiger partial charge in [0.15, 0.2) is 5.78 Å². The molecule has 1 unspecified atom stereocenters. The first-order valence-electron chi connectivity index (χ1n) is 9.90. The van der Waals surface area contributed by atoms with Crippen LogP contribution in [0.3, 0.4) is 0 Å². The maximum absolute atomic E-state index is 12.7. The van der Waals surface area contributed by atoms with Crippen molar-refractivity contribution in [3.63, 3.8) is 0 Å². The fourth-order valence-corrected chi connectivity index (χ4v) is 4.09. The fraction of sp³-hybridized carbons (Fsp3) is 0.619. The number of carbonyl (C=O) groups is 2. The van der Waals surface area contributed by atoms with Crippen LogP contribution in [0.4, 0.5) is 0 Å². The number of nitrogens with one attached hydrogen (secondary N) is 1. The van der Waals surface area contributed by atoms with Gasteiger partial charge in [-0.3, -0.25) is 14.5 Å². The highest BCUT2D eigenvalue weighted by Crippen LogP contribution is 2.28. The van der Waals surface area contributed by atoms with Gasteiger partial charge in [0.1, 0.15) is 0 Å². The van der Waals surface area contributed by atoms with Gasteiger partial charge in [-0.05, 0) is 32.1 Å². The van der Waals surface area contributed by atoms with Gasteiger partial charge >= 0.3 is 0 Å². The van der Waals surface area contributed by atoms with E-state index in [0.717, 1.165) is 52.0 Å². The minimum Gasteiger partial charge on any atom is -0.379 e. The summed E-state index contributed by atoms with van der Waals surface area (Å²) in [4.78, 5) is 27.8. The van der Waals surface area contributed by atoms with Crippen LogP contribution >= 0.6 is 0 Å². The van der Waals surface area contributed by atoms with Gasteiger partial charge in [0.2, 0.25) is 5.91 Å². The lowest BCUT2D eigenvalue weighted by atomic mass is 9.84. The maximum atomic E-state index is 12.7. The molecule has 1 N–H and O–H groups in total. The van der Waals surface area contributed by atoms with Gasteiger partial charge in [0.05, 0.1) is 19.3 Å². The molecular weight excluding hydrogens is 328 g/mol. The topological polar surface area (TPSA) is 58.6 Å². The molecule has 1 heterocycles. The minimum absolute atomic E-state index is 0.00320. The highest BCUT2D eigenvalue weighted by Gasteiger charge is 2.31. The second-order valence-corrected chi connectivity index (χ2v) is 7.35. The highest BCUT2D eigenvalue weighted by atomic mass is 16.5. The van der Waals surface area contributed by atoms with Crippen molar-refractivity contribution in [1.29, 1.82) is 0 Å². The summed E-state index contributed by atoms with van der Waals surface area (Å²) in [6.07, 6.45) is 4.54.